The zero-order valence-corrected chi connectivity index (χ0v) is 18.9. The molecule has 4 rings (SSSR count). The Hall–Kier alpha value is -2.70. The Morgan fingerprint density at radius 2 is 2.12 bits per heavy atom. The van der Waals surface area contributed by atoms with E-state index in [2.05, 4.69) is 9.97 Å². The lowest BCUT2D eigenvalue weighted by molar-refractivity contribution is 0.0974. The molecule has 1 aromatic carbocycles. The molecule has 2 atom stereocenters. The van der Waals surface area contributed by atoms with E-state index in [9.17, 15) is 22.7 Å². The molecule has 1 N–H and O–H groups in total. The molecular weight excluding hydrogens is 483 g/mol. The molecular formula is C19H18ClFN4O5S2. The van der Waals surface area contributed by atoms with Crippen molar-refractivity contribution in [3.63, 3.8) is 0 Å². The van der Waals surface area contributed by atoms with Crippen molar-refractivity contribution in [1.82, 2.24) is 14.5 Å². The van der Waals surface area contributed by atoms with E-state index in [1.807, 2.05) is 10.8 Å². The fourth-order valence-corrected chi connectivity index (χ4v) is 5.89. The van der Waals surface area contributed by atoms with Crippen molar-refractivity contribution in [3.8, 4) is 5.75 Å². The van der Waals surface area contributed by atoms with Gasteiger partial charge in [-0.05, 0) is 25.3 Å². The Morgan fingerprint density at radius 1 is 1.34 bits per heavy atom. The Bertz CT molecular complexity index is 1200. The van der Waals surface area contributed by atoms with Crippen LogP contribution in [-0.2, 0) is 10.0 Å². The van der Waals surface area contributed by atoms with Gasteiger partial charge in [0.05, 0.1) is 22.9 Å². The van der Waals surface area contributed by atoms with Gasteiger partial charge < -0.3 is 14.4 Å². The number of halogens is 2. The van der Waals surface area contributed by atoms with Crippen LogP contribution in [0.15, 0.2) is 46.6 Å². The van der Waals surface area contributed by atoms with Crippen LogP contribution in [0.3, 0.4) is 0 Å². The molecule has 0 saturated heterocycles. The highest BCUT2D eigenvalue weighted by Gasteiger charge is 2.36. The molecule has 170 valence electrons. The molecule has 1 saturated carbocycles. The minimum absolute atomic E-state index is 0.00891. The topological polar surface area (TPSA) is 115 Å². The van der Waals surface area contributed by atoms with Gasteiger partial charge in [0.1, 0.15) is 22.6 Å². The smallest absolute Gasteiger partial charge is 0.427 e. The third-order valence-corrected chi connectivity index (χ3v) is 7.72. The number of hydrogen-bond acceptors (Lipinski definition) is 7. The predicted molar refractivity (Wildman–Crippen MR) is 115 cm³/mol. The summed E-state index contributed by atoms with van der Waals surface area (Å²) in [5, 5.41) is 10.5. The van der Waals surface area contributed by atoms with Gasteiger partial charge in [0.2, 0.25) is 0 Å². The van der Waals surface area contributed by atoms with Gasteiger partial charge in [-0.15, -0.1) is 15.6 Å². The summed E-state index contributed by atoms with van der Waals surface area (Å²) in [7, 11) is -4.82. The summed E-state index contributed by atoms with van der Waals surface area (Å²) in [6, 6.07) is 1.70. The lowest BCUT2D eigenvalue weighted by atomic mass is 9.92. The molecule has 9 nitrogen and oxygen atoms in total. The quantitative estimate of drug-likeness (QED) is 0.527. The minimum atomic E-state index is -4.82. The van der Waals surface area contributed by atoms with Crippen molar-refractivity contribution in [2.24, 2.45) is 0 Å². The van der Waals surface area contributed by atoms with Gasteiger partial charge in [-0.25, -0.2) is 27.6 Å². The van der Waals surface area contributed by atoms with Crippen molar-refractivity contribution < 1.29 is 27.4 Å². The second-order valence-corrected chi connectivity index (χ2v) is 10.0. The molecule has 0 aliphatic heterocycles. The van der Waals surface area contributed by atoms with Crippen LogP contribution in [0.5, 0.6) is 5.75 Å². The molecule has 0 bridgehead atoms. The van der Waals surface area contributed by atoms with Gasteiger partial charge >= 0.3 is 6.09 Å². The van der Waals surface area contributed by atoms with Crippen molar-refractivity contribution in [3.05, 3.63) is 52.6 Å². The number of anilines is 1. The third kappa shape index (κ3) is 4.30. The Morgan fingerprint density at radius 3 is 2.78 bits per heavy atom. The third-order valence-electron chi connectivity index (χ3n) is 5.16. The number of hydrogen-bond donors (Lipinski definition) is 1. The van der Waals surface area contributed by atoms with Gasteiger partial charge in [-0.1, -0.05) is 18.0 Å². The van der Waals surface area contributed by atoms with Gasteiger partial charge in [0.15, 0.2) is 5.82 Å². The van der Waals surface area contributed by atoms with Crippen LogP contribution < -0.4 is 9.04 Å². The largest absolute Gasteiger partial charge is 0.487 e. The standard InChI is InChI=1S/C19H18ClFN4O5S2/c20-12-7-17(32(28,29)25(19(26)27)18-9-31-11-23-18)13(21)8-16(12)30-15-4-2-1-3-14(15)24-6-5-22-10-24/h5-11,14-15H,1-4H2,(H,26,27)/t14-,15+/m1/s1. The van der Waals surface area contributed by atoms with E-state index in [0.717, 1.165) is 42.7 Å². The molecule has 0 unspecified atom stereocenters. The van der Waals surface area contributed by atoms with Crippen molar-refractivity contribution in [2.75, 3.05) is 4.31 Å². The number of aromatic nitrogens is 3. The summed E-state index contributed by atoms with van der Waals surface area (Å²) in [4.78, 5) is 18.5. The minimum Gasteiger partial charge on any atom is -0.487 e. The van der Waals surface area contributed by atoms with Crippen LogP contribution in [-0.4, -0.2) is 40.3 Å². The number of sulfonamides is 1. The Kier molecular flexibility index (Phi) is 6.35. The predicted octanol–water partition coefficient (Wildman–Crippen LogP) is 4.57. The molecule has 2 aromatic heterocycles. The maximum atomic E-state index is 14.9. The van der Waals surface area contributed by atoms with Crippen LogP contribution >= 0.6 is 22.9 Å². The summed E-state index contributed by atoms with van der Waals surface area (Å²) in [5.41, 5.74) is 1.27. The van der Waals surface area contributed by atoms with Crippen LogP contribution in [0, 0.1) is 5.82 Å². The van der Waals surface area contributed by atoms with Gasteiger partial charge in [0.25, 0.3) is 10.0 Å². The molecule has 0 spiro atoms. The number of amides is 1. The lowest BCUT2D eigenvalue weighted by Gasteiger charge is -2.33. The first kappa shape index (κ1) is 22.5. The second kappa shape index (κ2) is 9.04. The van der Waals surface area contributed by atoms with E-state index in [1.165, 1.54) is 10.9 Å². The maximum Gasteiger partial charge on any atom is 0.427 e. The van der Waals surface area contributed by atoms with Crippen LogP contribution in [0.2, 0.25) is 5.02 Å². The monoisotopic (exact) mass is 500 g/mol. The van der Waals surface area contributed by atoms with Gasteiger partial charge in [-0.2, -0.15) is 0 Å². The summed E-state index contributed by atoms with van der Waals surface area (Å²) >= 11 is 7.25. The summed E-state index contributed by atoms with van der Waals surface area (Å²) in [5.74, 6) is -1.56. The molecule has 2 heterocycles. The van der Waals surface area contributed by atoms with E-state index in [-0.39, 0.29) is 33.0 Å². The highest BCUT2D eigenvalue weighted by atomic mass is 35.5. The summed E-state index contributed by atoms with van der Waals surface area (Å²) < 4.78 is 48.7. The van der Waals surface area contributed by atoms with Gasteiger partial charge in [0, 0.05) is 23.8 Å². The van der Waals surface area contributed by atoms with Crippen LogP contribution in [0.1, 0.15) is 31.7 Å². The first-order chi connectivity index (χ1) is 15.3. The normalized spacial score (nSPS) is 18.9. The molecule has 1 amide bonds. The molecule has 0 radical (unpaired) electrons. The first-order valence-corrected chi connectivity index (χ1v) is 12.3. The van der Waals surface area contributed by atoms with E-state index in [0.29, 0.717) is 6.42 Å². The SMILES string of the molecule is O=C(O)N(c1cscn1)S(=O)(=O)c1cc(Cl)c(O[C@H]2CCCC[C@H]2n2ccnc2)cc1F. The molecule has 1 fully saturated rings. The molecule has 1 aliphatic rings. The fourth-order valence-electron chi connectivity index (χ4n) is 3.71. The number of thiazole rings is 1. The summed E-state index contributed by atoms with van der Waals surface area (Å²) in [6.07, 6.45) is 6.50. The number of benzene rings is 1. The number of carbonyl (C=O) groups is 1. The Labute approximate surface area is 192 Å². The number of rotatable bonds is 6. The lowest BCUT2D eigenvalue weighted by Crippen LogP contribution is -2.36. The van der Waals surface area contributed by atoms with Crippen molar-refractivity contribution in [2.45, 2.75) is 42.7 Å². The fraction of sp³-hybridized carbons (Fsp3) is 0.316. The van der Waals surface area contributed by atoms with E-state index >= 15 is 0 Å². The average molecular weight is 501 g/mol. The van der Waals surface area contributed by atoms with E-state index in [4.69, 9.17) is 16.3 Å². The number of ether oxygens (including phenoxy) is 1. The Balaban J connectivity index is 1.65. The van der Waals surface area contributed by atoms with E-state index < -0.39 is 26.8 Å². The summed E-state index contributed by atoms with van der Waals surface area (Å²) in [6.45, 7) is 0. The zero-order chi connectivity index (χ0) is 22.9. The zero-order valence-electron chi connectivity index (χ0n) is 16.5. The molecule has 32 heavy (non-hydrogen) atoms. The first-order valence-electron chi connectivity index (χ1n) is 9.58. The second-order valence-electron chi connectivity index (χ2n) is 7.13. The number of imidazole rings is 1. The van der Waals surface area contributed by atoms with Crippen molar-refractivity contribution in [1.29, 1.82) is 0 Å². The highest BCUT2D eigenvalue weighted by Crippen LogP contribution is 2.37. The van der Waals surface area contributed by atoms with Crippen LogP contribution in [0.25, 0.3) is 0 Å². The van der Waals surface area contributed by atoms with E-state index in [1.54, 1.807) is 12.5 Å². The molecule has 13 heteroatoms. The molecule has 3 aromatic rings. The maximum absolute atomic E-state index is 14.9. The van der Waals surface area contributed by atoms with Gasteiger partial charge in [-0.3, -0.25) is 0 Å². The van der Waals surface area contributed by atoms with Crippen molar-refractivity contribution >= 4 is 44.9 Å². The molecule has 1 aliphatic carbocycles. The van der Waals surface area contributed by atoms with Crippen LogP contribution in [0.4, 0.5) is 15.0 Å². The highest BCUT2D eigenvalue weighted by molar-refractivity contribution is 7.93. The number of nitrogens with zero attached hydrogens (tertiary/aromatic N) is 4. The number of carboxylic acid groups (broad SMARTS) is 1. The average Bonchev–Trinajstić information content (AvgIpc) is 3.45.